The number of nitrogens with zero attached hydrogens (tertiary/aromatic N) is 2. The van der Waals surface area contributed by atoms with Gasteiger partial charge in [-0.15, -0.1) is 0 Å². The minimum Gasteiger partial charge on any atom is -0.356 e. The van der Waals surface area contributed by atoms with E-state index < -0.39 is 0 Å². The molecule has 1 atom stereocenters. The first kappa shape index (κ1) is 21.4. The van der Waals surface area contributed by atoms with Crippen molar-refractivity contribution in [2.75, 3.05) is 6.54 Å². The zero-order valence-electron chi connectivity index (χ0n) is 17.1. The van der Waals surface area contributed by atoms with Gasteiger partial charge in [-0.1, -0.05) is 78.1 Å². The molecule has 0 spiro atoms. The van der Waals surface area contributed by atoms with E-state index in [-0.39, 0.29) is 0 Å². The maximum atomic E-state index is 2.61. The second kappa shape index (κ2) is 13.6. The maximum absolute atomic E-state index is 2.61. The van der Waals surface area contributed by atoms with Crippen LogP contribution in [-0.2, 0) is 0 Å². The van der Waals surface area contributed by atoms with Crippen molar-refractivity contribution in [3.05, 3.63) is 12.4 Å². The fourth-order valence-corrected chi connectivity index (χ4v) is 3.77. The van der Waals surface area contributed by atoms with Crippen LogP contribution in [0.15, 0.2) is 12.4 Å². The summed E-state index contributed by atoms with van der Waals surface area (Å²) in [5, 5.41) is 0. The van der Waals surface area contributed by atoms with Gasteiger partial charge in [0, 0.05) is 25.0 Å². The quantitative estimate of drug-likeness (QED) is 0.299. The van der Waals surface area contributed by atoms with Gasteiger partial charge in [0.25, 0.3) is 0 Å². The van der Waals surface area contributed by atoms with E-state index in [4.69, 9.17) is 0 Å². The second-order valence-corrected chi connectivity index (χ2v) is 7.88. The Morgan fingerprint density at radius 2 is 1.25 bits per heavy atom. The van der Waals surface area contributed by atoms with Gasteiger partial charge in [0.1, 0.15) is 6.17 Å². The van der Waals surface area contributed by atoms with Crippen molar-refractivity contribution in [3.63, 3.8) is 0 Å². The minimum atomic E-state index is 0.612. The summed E-state index contributed by atoms with van der Waals surface area (Å²) in [6.45, 7) is 10.5. The highest BCUT2D eigenvalue weighted by atomic mass is 15.4. The molecule has 1 unspecified atom stereocenters. The van der Waals surface area contributed by atoms with Gasteiger partial charge in [-0.2, -0.15) is 0 Å². The highest BCUT2D eigenvalue weighted by Crippen LogP contribution is 2.24. The van der Waals surface area contributed by atoms with Crippen LogP contribution in [0.5, 0.6) is 0 Å². The predicted molar refractivity (Wildman–Crippen MR) is 108 cm³/mol. The number of unbranched alkanes of at least 4 members (excludes halogenated alkanes) is 10. The Kier molecular flexibility index (Phi) is 12.1. The standard InChI is InChI=1S/C22H44N2/c1-5-7-9-10-11-12-13-14-16-18-23-19-20-24(21(3)4)22(23)17-15-8-6-2/h19-22H,5-18H2,1-4H3. The zero-order chi connectivity index (χ0) is 17.6. The van der Waals surface area contributed by atoms with Crippen molar-refractivity contribution in [2.45, 2.75) is 123 Å². The molecule has 0 saturated heterocycles. The summed E-state index contributed by atoms with van der Waals surface area (Å²) < 4.78 is 0. The first-order valence-corrected chi connectivity index (χ1v) is 10.9. The highest BCUT2D eigenvalue weighted by Gasteiger charge is 2.26. The Labute approximate surface area is 152 Å². The zero-order valence-corrected chi connectivity index (χ0v) is 17.1. The van der Waals surface area contributed by atoms with Crippen molar-refractivity contribution >= 4 is 0 Å². The van der Waals surface area contributed by atoms with Gasteiger partial charge < -0.3 is 9.80 Å². The monoisotopic (exact) mass is 336 g/mol. The lowest BCUT2D eigenvalue weighted by atomic mass is 10.1. The fourth-order valence-electron chi connectivity index (χ4n) is 3.77. The lowest BCUT2D eigenvalue weighted by Gasteiger charge is -2.35. The molecule has 2 heteroatoms. The van der Waals surface area contributed by atoms with Gasteiger partial charge in [-0.05, 0) is 33.1 Å². The average molecular weight is 337 g/mol. The normalized spacial score (nSPS) is 17.5. The molecular formula is C22H44N2. The van der Waals surface area contributed by atoms with Crippen LogP contribution >= 0.6 is 0 Å². The van der Waals surface area contributed by atoms with Crippen LogP contribution in [0.25, 0.3) is 0 Å². The maximum Gasteiger partial charge on any atom is 0.101 e. The summed E-state index contributed by atoms with van der Waals surface area (Å²) in [5.74, 6) is 0. The number of rotatable bonds is 15. The van der Waals surface area contributed by atoms with Crippen LogP contribution in [-0.4, -0.2) is 28.6 Å². The molecule has 0 aromatic rings. The molecule has 0 radical (unpaired) electrons. The predicted octanol–water partition coefficient (Wildman–Crippen LogP) is 6.92. The molecule has 0 aromatic heterocycles. The molecule has 0 saturated carbocycles. The average Bonchev–Trinajstić information content (AvgIpc) is 2.97. The van der Waals surface area contributed by atoms with Gasteiger partial charge in [0.2, 0.25) is 0 Å². The van der Waals surface area contributed by atoms with Crippen molar-refractivity contribution in [1.29, 1.82) is 0 Å². The number of hydrogen-bond donors (Lipinski definition) is 0. The fraction of sp³-hybridized carbons (Fsp3) is 0.909. The molecular weight excluding hydrogens is 292 g/mol. The minimum absolute atomic E-state index is 0.612. The summed E-state index contributed by atoms with van der Waals surface area (Å²) in [7, 11) is 0. The van der Waals surface area contributed by atoms with E-state index in [1.165, 1.54) is 90.0 Å². The second-order valence-electron chi connectivity index (χ2n) is 7.88. The first-order valence-electron chi connectivity index (χ1n) is 10.9. The largest absolute Gasteiger partial charge is 0.356 e. The third kappa shape index (κ3) is 8.44. The Bertz CT molecular complexity index is 311. The van der Waals surface area contributed by atoms with E-state index in [0.29, 0.717) is 12.2 Å². The smallest absolute Gasteiger partial charge is 0.101 e. The SMILES string of the molecule is CCCCCCCCCCCN1C=CN(C(C)C)C1CCCCC. The Morgan fingerprint density at radius 3 is 1.83 bits per heavy atom. The van der Waals surface area contributed by atoms with Crippen molar-refractivity contribution in [3.8, 4) is 0 Å². The van der Waals surface area contributed by atoms with E-state index in [1.807, 2.05) is 0 Å². The molecule has 1 heterocycles. The molecule has 1 aliphatic rings. The van der Waals surface area contributed by atoms with E-state index in [9.17, 15) is 0 Å². The van der Waals surface area contributed by atoms with Gasteiger partial charge in [-0.3, -0.25) is 0 Å². The Hall–Kier alpha value is -0.660. The highest BCUT2D eigenvalue weighted by molar-refractivity contribution is 4.98. The van der Waals surface area contributed by atoms with Crippen molar-refractivity contribution in [2.24, 2.45) is 0 Å². The van der Waals surface area contributed by atoms with Crippen LogP contribution in [0.2, 0.25) is 0 Å². The summed E-state index contributed by atoms with van der Waals surface area (Å²) >= 11 is 0. The molecule has 0 fully saturated rings. The third-order valence-electron chi connectivity index (χ3n) is 5.34. The molecule has 0 N–H and O–H groups in total. The molecule has 1 aliphatic heterocycles. The Morgan fingerprint density at radius 1 is 0.708 bits per heavy atom. The van der Waals surface area contributed by atoms with Crippen LogP contribution < -0.4 is 0 Å². The number of hydrogen-bond acceptors (Lipinski definition) is 2. The molecule has 0 aliphatic carbocycles. The van der Waals surface area contributed by atoms with E-state index in [1.54, 1.807) is 0 Å². The summed E-state index contributed by atoms with van der Waals surface area (Å²) in [6.07, 6.45) is 23.4. The van der Waals surface area contributed by atoms with Gasteiger partial charge in [-0.25, -0.2) is 0 Å². The Balaban J connectivity index is 2.16. The topological polar surface area (TPSA) is 6.48 Å². The van der Waals surface area contributed by atoms with Crippen molar-refractivity contribution < 1.29 is 0 Å². The molecule has 0 amide bonds. The van der Waals surface area contributed by atoms with E-state index in [2.05, 4.69) is 49.9 Å². The lowest BCUT2D eigenvalue weighted by Crippen LogP contribution is -2.42. The van der Waals surface area contributed by atoms with Crippen LogP contribution in [0.1, 0.15) is 111 Å². The first-order chi connectivity index (χ1) is 11.7. The van der Waals surface area contributed by atoms with Gasteiger partial charge in [0.05, 0.1) is 0 Å². The summed E-state index contributed by atoms with van der Waals surface area (Å²) in [6, 6.07) is 0.612. The molecule has 1 rings (SSSR count). The molecule has 0 aromatic carbocycles. The van der Waals surface area contributed by atoms with Crippen LogP contribution in [0.3, 0.4) is 0 Å². The van der Waals surface area contributed by atoms with Gasteiger partial charge in [0.15, 0.2) is 0 Å². The lowest BCUT2D eigenvalue weighted by molar-refractivity contribution is 0.114. The van der Waals surface area contributed by atoms with Crippen LogP contribution in [0.4, 0.5) is 0 Å². The van der Waals surface area contributed by atoms with E-state index in [0.717, 1.165) is 0 Å². The van der Waals surface area contributed by atoms with E-state index >= 15 is 0 Å². The molecule has 2 nitrogen and oxygen atoms in total. The third-order valence-corrected chi connectivity index (χ3v) is 5.34. The molecule has 24 heavy (non-hydrogen) atoms. The summed E-state index contributed by atoms with van der Waals surface area (Å²) in [4.78, 5) is 5.17. The van der Waals surface area contributed by atoms with Crippen LogP contribution in [0, 0.1) is 0 Å². The van der Waals surface area contributed by atoms with Crippen molar-refractivity contribution in [1.82, 2.24) is 9.80 Å². The van der Waals surface area contributed by atoms with Gasteiger partial charge >= 0.3 is 0 Å². The summed E-state index contributed by atoms with van der Waals surface area (Å²) in [5.41, 5.74) is 0. The molecule has 142 valence electrons. The molecule has 0 bridgehead atoms.